The summed E-state index contributed by atoms with van der Waals surface area (Å²) in [6.07, 6.45) is 3.97. The van der Waals surface area contributed by atoms with E-state index in [1.165, 1.54) is 16.0 Å². The van der Waals surface area contributed by atoms with Gasteiger partial charge in [0.2, 0.25) is 0 Å². The zero-order valence-electron chi connectivity index (χ0n) is 14.0. The fourth-order valence-electron chi connectivity index (χ4n) is 2.40. The molecule has 116 valence electrons. The maximum absolute atomic E-state index is 4.47. The molecule has 1 heterocycles. The maximum atomic E-state index is 4.47. The van der Waals surface area contributed by atoms with Crippen molar-refractivity contribution in [3.8, 4) is 0 Å². The predicted octanol–water partition coefficient (Wildman–Crippen LogP) is 5.53. The van der Waals surface area contributed by atoms with Crippen LogP contribution in [-0.4, -0.2) is 4.98 Å². The van der Waals surface area contributed by atoms with Gasteiger partial charge in [0.1, 0.15) is 0 Å². The van der Waals surface area contributed by atoms with Crippen molar-refractivity contribution in [3.63, 3.8) is 0 Å². The molecular formula is C19H24N2S. The third-order valence-electron chi connectivity index (χ3n) is 4.14. The summed E-state index contributed by atoms with van der Waals surface area (Å²) in [6, 6.07) is 8.48. The maximum Gasteiger partial charge on any atom is 0.187 e. The van der Waals surface area contributed by atoms with Crippen molar-refractivity contribution in [2.75, 3.05) is 5.32 Å². The lowest BCUT2D eigenvalue weighted by atomic mass is 9.76. The molecule has 0 aliphatic rings. The number of hydrogen-bond donors (Lipinski definition) is 1. The number of aryl methyl sites for hydroxylation is 3. The van der Waals surface area contributed by atoms with Crippen LogP contribution in [0.25, 0.3) is 0 Å². The molecule has 1 N–H and O–H groups in total. The van der Waals surface area contributed by atoms with Gasteiger partial charge in [0.15, 0.2) is 5.13 Å². The monoisotopic (exact) mass is 312 g/mol. The lowest BCUT2D eigenvalue weighted by Crippen LogP contribution is -2.20. The lowest BCUT2D eigenvalue weighted by Gasteiger charge is -2.28. The van der Waals surface area contributed by atoms with E-state index in [0.717, 1.165) is 16.4 Å². The summed E-state index contributed by atoms with van der Waals surface area (Å²) in [7, 11) is 0. The first-order valence-electron chi connectivity index (χ1n) is 7.45. The molecule has 1 aromatic carbocycles. The number of allylic oxidation sites excluding steroid dienone is 2. The number of hydrogen-bond acceptors (Lipinski definition) is 3. The van der Waals surface area contributed by atoms with Crippen LogP contribution in [0.5, 0.6) is 0 Å². The van der Waals surface area contributed by atoms with Gasteiger partial charge in [-0.15, -0.1) is 11.3 Å². The molecule has 2 rings (SSSR count). The molecule has 0 atom stereocenters. The van der Waals surface area contributed by atoms with Crippen molar-refractivity contribution in [2.24, 2.45) is 0 Å². The zero-order chi connectivity index (χ0) is 16.3. The number of rotatable bonds is 5. The summed E-state index contributed by atoms with van der Waals surface area (Å²) in [5.74, 6) is 0. The molecule has 0 amide bonds. The Morgan fingerprint density at radius 3 is 2.50 bits per heavy atom. The Balaban J connectivity index is 2.10. The highest BCUT2D eigenvalue weighted by atomic mass is 32.1. The lowest BCUT2D eigenvalue weighted by molar-refractivity contribution is 0.637. The molecule has 0 radical (unpaired) electrons. The van der Waals surface area contributed by atoms with Gasteiger partial charge in [-0.1, -0.05) is 44.7 Å². The Morgan fingerprint density at radius 2 is 1.91 bits per heavy atom. The fraction of sp³-hybridized carbons (Fsp3) is 0.316. The van der Waals surface area contributed by atoms with Gasteiger partial charge in [0.05, 0.1) is 5.69 Å². The van der Waals surface area contributed by atoms with Gasteiger partial charge >= 0.3 is 0 Å². The first kappa shape index (κ1) is 16.5. The van der Waals surface area contributed by atoms with Crippen molar-refractivity contribution in [2.45, 2.75) is 40.0 Å². The predicted molar refractivity (Wildman–Crippen MR) is 97.7 cm³/mol. The van der Waals surface area contributed by atoms with Gasteiger partial charge in [-0.2, -0.15) is 0 Å². The third kappa shape index (κ3) is 3.47. The normalized spacial score (nSPS) is 11.9. The molecule has 0 bridgehead atoms. The molecule has 3 heteroatoms. The molecule has 0 saturated heterocycles. The van der Waals surface area contributed by atoms with E-state index in [9.17, 15) is 0 Å². The van der Waals surface area contributed by atoms with Crippen molar-refractivity contribution >= 4 is 16.5 Å². The quantitative estimate of drug-likeness (QED) is 0.734. The minimum absolute atomic E-state index is 0.0990. The summed E-state index contributed by atoms with van der Waals surface area (Å²) in [4.78, 5) is 5.71. The first-order valence-corrected chi connectivity index (χ1v) is 8.26. The summed E-state index contributed by atoms with van der Waals surface area (Å²) in [5, 5.41) is 4.17. The fourth-order valence-corrected chi connectivity index (χ4v) is 3.20. The average Bonchev–Trinajstić information content (AvgIpc) is 2.77. The van der Waals surface area contributed by atoms with Crippen LogP contribution in [0.3, 0.4) is 0 Å². The number of nitrogens with zero attached hydrogens (tertiary/aromatic N) is 1. The zero-order valence-corrected chi connectivity index (χ0v) is 14.8. The van der Waals surface area contributed by atoms with Crippen LogP contribution in [0.1, 0.15) is 35.5 Å². The van der Waals surface area contributed by atoms with E-state index >= 15 is 0 Å². The van der Waals surface area contributed by atoms with E-state index in [1.807, 2.05) is 19.2 Å². The number of nitrogens with one attached hydrogen (secondary N) is 1. The number of aromatic nitrogens is 1. The summed E-state index contributed by atoms with van der Waals surface area (Å²) in [6.45, 7) is 14.9. The van der Waals surface area contributed by atoms with Crippen LogP contribution in [0, 0.1) is 20.8 Å². The van der Waals surface area contributed by atoms with Crippen molar-refractivity contribution in [1.82, 2.24) is 4.98 Å². The second kappa shape index (κ2) is 6.49. The molecule has 0 spiro atoms. The average molecular weight is 312 g/mol. The molecule has 1 aromatic heterocycles. The van der Waals surface area contributed by atoms with Crippen LogP contribution >= 0.6 is 11.3 Å². The van der Waals surface area contributed by atoms with Crippen LogP contribution in [0.4, 0.5) is 5.13 Å². The Hall–Kier alpha value is -1.87. The van der Waals surface area contributed by atoms with E-state index in [2.05, 4.69) is 68.8 Å². The largest absolute Gasteiger partial charge is 0.338 e. The van der Waals surface area contributed by atoms with E-state index in [0.29, 0.717) is 0 Å². The van der Waals surface area contributed by atoms with Crippen LogP contribution in [0.15, 0.2) is 48.7 Å². The van der Waals surface area contributed by atoms with Gasteiger partial charge in [-0.3, -0.25) is 0 Å². The van der Waals surface area contributed by atoms with Gasteiger partial charge in [0.25, 0.3) is 0 Å². The second-order valence-electron chi connectivity index (χ2n) is 6.10. The van der Waals surface area contributed by atoms with Gasteiger partial charge in [-0.25, -0.2) is 4.98 Å². The molecule has 0 aliphatic carbocycles. The molecule has 0 unspecified atom stereocenters. The number of benzene rings is 1. The Bertz CT molecular complexity index is 688. The van der Waals surface area contributed by atoms with E-state index < -0.39 is 0 Å². The molecule has 22 heavy (non-hydrogen) atoms. The Labute approximate surface area is 137 Å². The van der Waals surface area contributed by atoms with Crippen molar-refractivity contribution in [3.05, 3.63) is 70.4 Å². The highest BCUT2D eigenvalue weighted by Crippen LogP contribution is 2.33. The smallest absolute Gasteiger partial charge is 0.187 e. The molecule has 0 aliphatic heterocycles. The van der Waals surface area contributed by atoms with Crippen molar-refractivity contribution < 1.29 is 0 Å². The highest BCUT2D eigenvalue weighted by molar-refractivity contribution is 7.15. The standard InChI is InChI=1S/C19H24N2S/c1-13-9-7-8-10-17(13)19(5,6)14(2)11-12-20-18-21-15(3)16(4)22-18/h7-12H,2H2,1,3-6H3,(H,20,21). The summed E-state index contributed by atoms with van der Waals surface area (Å²) in [5.41, 5.74) is 4.66. The SMILES string of the molecule is C=C(C=CNc1nc(C)c(C)s1)C(C)(C)c1ccccc1C. The van der Waals surface area contributed by atoms with Crippen molar-refractivity contribution in [1.29, 1.82) is 0 Å². The topological polar surface area (TPSA) is 24.9 Å². The van der Waals surface area contributed by atoms with Crippen LogP contribution in [0.2, 0.25) is 0 Å². The molecule has 2 nitrogen and oxygen atoms in total. The van der Waals surface area contributed by atoms with Crippen LogP contribution in [-0.2, 0) is 5.41 Å². The van der Waals surface area contributed by atoms with Crippen LogP contribution < -0.4 is 5.32 Å². The van der Waals surface area contributed by atoms with E-state index in [4.69, 9.17) is 0 Å². The Morgan fingerprint density at radius 1 is 1.23 bits per heavy atom. The highest BCUT2D eigenvalue weighted by Gasteiger charge is 2.24. The summed E-state index contributed by atoms with van der Waals surface area (Å²) >= 11 is 1.67. The number of thiazole rings is 1. The molecular weight excluding hydrogens is 288 g/mol. The van der Waals surface area contributed by atoms with E-state index in [-0.39, 0.29) is 5.41 Å². The van der Waals surface area contributed by atoms with Gasteiger partial charge in [-0.05, 0) is 43.5 Å². The third-order valence-corrected chi connectivity index (χ3v) is 5.15. The summed E-state index contributed by atoms with van der Waals surface area (Å²) < 4.78 is 0. The van der Waals surface area contributed by atoms with Gasteiger partial charge < -0.3 is 5.32 Å². The van der Waals surface area contributed by atoms with Gasteiger partial charge in [0, 0.05) is 16.5 Å². The van der Waals surface area contributed by atoms with E-state index in [1.54, 1.807) is 11.3 Å². The molecule has 2 aromatic rings. The minimum atomic E-state index is -0.0990. The first-order chi connectivity index (χ1) is 10.3. The Kier molecular flexibility index (Phi) is 4.87. The number of anilines is 1. The molecule has 0 saturated carbocycles. The minimum Gasteiger partial charge on any atom is -0.338 e. The second-order valence-corrected chi connectivity index (χ2v) is 7.31. The molecule has 0 fully saturated rings.